The summed E-state index contributed by atoms with van der Waals surface area (Å²) in [5, 5.41) is 15.0. The number of amides is 1. The number of fused-ring (bicyclic) bond motifs is 1. The van der Waals surface area contributed by atoms with Crippen molar-refractivity contribution in [3.63, 3.8) is 0 Å². The van der Waals surface area contributed by atoms with Crippen LogP contribution in [-0.2, 0) is 26.4 Å². The summed E-state index contributed by atoms with van der Waals surface area (Å²) in [5.74, 6) is 0.990. The molecule has 1 amide bonds. The summed E-state index contributed by atoms with van der Waals surface area (Å²) < 4.78 is 56.0. The van der Waals surface area contributed by atoms with Gasteiger partial charge in [-0.05, 0) is 46.6 Å². The number of rotatable bonds is 7. The molecule has 0 unspecified atom stereocenters. The SMILES string of the molecule is CC1(NC(=O)O[C@H]2CO[C@@H](c3cc(Nc4nccn5nc(COC(F)(F)F)cc45)n(C(C)(C)C)n3)C2)CC1. The minimum atomic E-state index is -4.75. The van der Waals surface area contributed by atoms with Gasteiger partial charge in [0, 0.05) is 30.4 Å². The molecule has 1 aliphatic carbocycles. The molecule has 11 nitrogen and oxygen atoms in total. The molecule has 0 bridgehead atoms. The molecule has 2 aliphatic rings. The highest BCUT2D eigenvalue weighted by atomic mass is 19.4. The Balaban J connectivity index is 1.33. The predicted molar refractivity (Wildman–Crippen MR) is 129 cm³/mol. The second kappa shape index (κ2) is 9.42. The monoisotopic (exact) mass is 537 g/mol. The normalized spacial score (nSPS) is 21.0. The molecule has 2 N–H and O–H groups in total. The second-order valence-electron chi connectivity index (χ2n) is 10.9. The molecule has 2 fully saturated rings. The molecular weight excluding hydrogens is 507 g/mol. The Hall–Kier alpha value is -3.39. The van der Waals surface area contributed by atoms with Gasteiger partial charge < -0.3 is 20.1 Å². The van der Waals surface area contributed by atoms with E-state index in [1.165, 1.54) is 23.0 Å². The van der Waals surface area contributed by atoms with Crippen molar-refractivity contribution in [2.24, 2.45) is 0 Å². The molecule has 0 radical (unpaired) electrons. The van der Waals surface area contributed by atoms with Crippen molar-refractivity contribution in [3.8, 4) is 0 Å². The first kappa shape index (κ1) is 26.2. The number of hydrogen-bond acceptors (Lipinski definition) is 8. The number of halogens is 3. The lowest BCUT2D eigenvalue weighted by Gasteiger charge is -2.22. The lowest BCUT2D eigenvalue weighted by molar-refractivity contribution is -0.330. The number of alkyl halides is 3. The fraction of sp³-hybridized carbons (Fsp3) is 0.583. The molecular formula is C24H30F3N7O4. The number of nitrogens with one attached hydrogen (secondary N) is 2. The number of carbonyl (C=O) groups excluding carboxylic acids is 1. The molecule has 3 aromatic rings. The first-order valence-electron chi connectivity index (χ1n) is 12.3. The van der Waals surface area contributed by atoms with E-state index in [9.17, 15) is 18.0 Å². The molecule has 4 heterocycles. The Bertz CT molecular complexity index is 1330. The molecule has 0 spiro atoms. The third kappa shape index (κ3) is 6.01. The average molecular weight is 538 g/mol. The van der Waals surface area contributed by atoms with Crippen molar-refractivity contribution >= 4 is 23.2 Å². The van der Waals surface area contributed by atoms with Crippen molar-refractivity contribution in [3.05, 3.63) is 35.9 Å². The molecule has 1 saturated heterocycles. The van der Waals surface area contributed by atoms with Gasteiger partial charge in [0.2, 0.25) is 0 Å². The van der Waals surface area contributed by atoms with Crippen molar-refractivity contribution < 1.29 is 32.2 Å². The molecule has 1 aliphatic heterocycles. The summed E-state index contributed by atoms with van der Waals surface area (Å²) in [6, 6.07) is 3.31. The molecule has 38 heavy (non-hydrogen) atoms. The molecule has 2 atom stereocenters. The predicted octanol–water partition coefficient (Wildman–Crippen LogP) is 4.57. The van der Waals surface area contributed by atoms with Crippen LogP contribution in [0.4, 0.5) is 29.6 Å². The van der Waals surface area contributed by atoms with E-state index in [0.29, 0.717) is 29.3 Å². The highest BCUT2D eigenvalue weighted by molar-refractivity contribution is 5.72. The number of ether oxygens (including phenoxy) is 3. The molecule has 14 heteroatoms. The Kier molecular flexibility index (Phi) is 6.50. The minimum absolute atomic E-state index is 0.105. The Labute approximate surface area is 216 Å². The lowest BCUT2D eigenvalue weighted by atomic mass is 10.1. The van der Waals surface area contributed by atoms with Gasteiger partial charge in [-0.15, -0.1) is 13.2 Å². The number of hydrogen-bond donors (Lipinski definition) is 2. The van der Waals surface area contributed by atoms with Gasteiger partial charge in [-0.25, -0.2) is 19.0 Å². The quantitative estimate of drug-likeness (QED) is 0.450. The van der Waals surface area contributed by atoms with Gasteiger partial charge in [0.1, 0.15) is 30.1 Å². The Morgan fingerprint density at radius 3 is 2.68 bits per heavy atom. The van der Waals surface area contributed by atoms with Gasteiger partial charge in [-0.2, -0.15) is 10.2 Å². The largest absolute Gasteiger partial charge is 0.522 e. The number of anilines is 2. The Morgan fingerprint density at radius 2 is 2.00 bits per heavy atom. The number of alkyl carbamates (subject to hydrolysis) is 1. The fourth-order valence-corrected chi connectivity index (χ4v) is 4.20. The van der Waals surface area contributed by atoms with Crippen LogP contribution in [0.3, 0.4) is 0 Å². The molecule has 1 saturated carbocycles. The zero-order valence-corrected chi connectivity index (χ0v) is 21.5. The van der Waals surface area contributed by atoms with Crippen LogP contribution in [0.1, 0.15) is 64.4 Å². The summed E-state index contributed by atoms with van der Waals surface area (Å²) in [7, 11) is 0. The number of aromatic nitrogens is 5. The maximum absolute atomic E-state index is 12.5. The average Bonchev–Trinajstić information content (AvgIpc) is 3.20. The Morgan fingerprint density at radius 1 is 1.24 bits per heavy atom. The molecule has 3 aromatic heterocycles. The van der Waals surface area contributed by atoms with E-state index in [1.54, 1.807) is 4.68 Å². The van der Waals surface area contributed by atoms with Crippen LogP contribution in [0.15, 0.2) is 24.5 Å². The maximum Gasteiger partial charge on any atom is 0.522 e. The van der Waals surface area contributed by atoms with Crippen LogP contribution in [0, 0.1) is 0 Å². The van der Waals surface area contributed by atoms with Crippen LogP contribution >= 0.6 is 0 Å². The third-order valence-corrected chi connectivity index (χ3v) is 6.40. The van der Waals surface area contributed by atoms with Crippen LogP contribution in [0.2, 0.25) is 0 Å². The van der Waals surface area contributed by atoms with Crippen LogP contribution in [0.25, 0.3) is 5.52 Å². The lowest BCUT2D eigenvalue weighted by Crippen LogP contribution is -2.37. The zero-order valence-electron chi connectivity index (χ0n) is 21.5. The summed E-state index contributed by atoms with van der Waals surface area (Å²) in [6.45, 7) is 7.48. The molecule has 0 aromatic carbocycles. The number of nitrogens with zero attached hydrogens (tertiary/aromatic N) is 5. The highest BCUT2D eigenvalue weighted by Gasteiger charge is 2.40. The summed E-state index contributed by atoms with van der Waals surface area (Å²) >= 11 is 0. The van der Waals surface area contributed by atoms with Crippen molar-refractivity contribution in [2.75, 3.05) is 11.9 Å². The third-order valence-electron chi connectivity index (χ3n) is 6.40. The molecule has 5 rings (SSSR count). The van der Waals surface area contributed by atoms with Crippen molar-refractivity contribution in [1.82, 2.24) is 29.7 Å². The van der Waals surface area contributed by atoms with Crippen molar-refractivity contribution in [1.29, 1.82) is 0 Å². The first-order chi connectivity index (χ1) is 17.8. The fourth-order valence-electron chi connectivity index (χ4n) is 4.20. The standard InChI is InChI=1S/C24H30F3N7O4/c1-22(2,3)34-19(29-20-17-9-14(12-37-24(25,26)27)31-33(17)8-7-28-20)11-16(32-34)18-10-15(13-36-18)38-21(35)30-23(4)5-6-23/h7-9,11,15,18H,5-6,10,12-13H2,1-4H3,(H,28,29)(H,30,35)/t15-,18-/m1/s1. The van der Waals surface area contributed by atoms with Gasteiger partial charge in [-0.3, -0.25) is 4.74 Å². The van der Waals surface area contributed by atoms with Gasteiger partial charge in [0.25, 0.3) is 0 Å². The van der Waals surface area contributed by atoms with Gasteiger partial charge >= 0.3 is 12.5 Å². The summed E-state index contributed by atoms with van der Waals surface area (Å²) in [4.78, 5) is 16.6. The van der Waals surface area contributed by atoms with Gasteiger partial charge in [0.15, 0.2) is 5.82 Å². The second-order valence-corrected chi connectivity index (χ2v) is 10.9. The van der Waals surface area contributed by atoms with E-state index in [-0.39, 0.29) is 23.9 Å². The number of carbonyl (C=O) groups is 1. The van der Waals surface area contributed by atoms with Gasteiger partial charge in [-0.1, -0.05) is 0 Å². The molecule has 206 valence electrons. The van der Waals surface area contributed by atoms with Crippen LogP contribution < -0.4 is 10.6 Å². The van der Waals surface area contributed by atoms with Crippen LogP contribution in [-0.4, -0.2) is 55.1 Å². The summed E-state index contributed by atoms with van der Waals surface area (Å²) in [6.07, 6.45) is -0.591. The maximum atomic E-state index is 12.5. The zero-order chi connectivity index (χ0) is 27.3. The van der Waals surface area contributed by atoms with E-state index >= 15 is 0 Å². The highest BCUT2D eigenvalue weighted by Crippen LogP contribution is 2.36. The van der Waals surface area contributed by atoms with E-state index < -0.39 is 30.7 Å². The van der Waals surface area contributed by atoms with E-state index in [2.05, 4.69) is 25.5 Å². The topological polar surface area (TPSA) is 117 Å². The van der Waals surface area contributed by atoms with E-state index in [0.717, 1.165) is 12.8 Å². The van der Waals surface area contributed by atoms with E-state index in [1.807, 2.05) is 33.8 Å². The van der Waals surface area contributed by atoms with Crippen LogP contribution in [0.5, 0.6) is 0 Å². The first-order valence-corrected chi connectivity index (χ1v) is 12.3. The minimum Gasteiger partial charge on any atom is -0.444 e. The van der Waals surface area contributed by atoms with Gasteiger partial charge in [0.05, 0.1) is 23.5 Å². The summed E-state index contributed by atoms with van der Waals surface area (Å²) in [5.41, 5.74) is 0.639. The van der Waals surface area contributed by atoms with Crippen molar-refractivity contribution in [2.45, 2.75) is 83.2 Å². The smallest absolute Gasteiger partial charge is 0.444 e. The van der Waals surface area contributed by atoms with E-state index in [4.69, 9.17) is 14.6 Å².